The minimum Gasteiger partial charge on any atom is -0.497 e. The Labute approximate surface area is 119 Å². The first-order valence-corrected chi connectivity index (χ1v) is 6.59. The number of methoxy groups -OCH3 is 1. The van der Waals surface area contributed by atoms with Crippen LogP contribution in [0.4, 0.5) is 5.69 Å². The molecule has 0 aliphatic heterocycles. The molecular weight excluding hydrogens is 260 g/mol. The molecule has 0 saturated carbocycles. The van der Waals surface area contributed by atoms with Gasteiger partial charge in [-0.05, 0) is 37.2 Å². The minimum atomic E-state index is -0.0913. The normalized spacial score (nSPS) is 10.3. The number of ether oxygens (including phenoxy) is 2. The Hall–Kier alpha value is -1.63. The predicted octanol–water partition coefficient (Wildman–Crippen LogP) is 0.622. The summed E-state index contributed by atoms with van der Waals surface area (Å²) in [5.74, 6) is 0.662. The summed E-state index contributed by atoms with van der Waals surface area (Å²) in [5, 5.41) is 14.3. The summed E-state index contributed by atoms with van der Waals surface area (Å²) >= 11 is 0. The van der Waals surface area contributed by atoms with Gasteiger partial charge < -0.3 is 25.2 Å². The lowest BCUT2D eigenvalue weighted by atomic mass is 10.3. The molecule has 0 aliphatic carbocycles. The molecule has 0 unspecified atom stereocenters. The number of aliphatic hydroxyl groups is 1. The topological polar surface area (TPSA) is 79.8 Å². The van der Waals surface area contributed by atoms with Gasteiger partial charge >= 0.3 is 0 Å². The first kappa shape index (κ1) is 16.4. The summed E-state index contributed by atoms with van der Waals surface area (Å²) in [6.07, 6.45) is 0.801. The van der Waals surface area contributed by atoms with Crippen molar-refractivity contribution in [3.05, 3.63) is 24.3 Å². The van der Waals surface area contributed by atoms with E-state index in [0.29, 0.717) is 19.8 Å². The number of carbonyl (C=O) groups is 1. The van der Waals surface area contributed by atoms with Gasteiger partial charge in [0.1, 0.15) is 5.75 Å². The summed E-state index contributed by atoms with van der Waals surface area (Å²) in [7, 11) is 1.60. The molecular formula is C14H22N2O4. The average Bonchev–Trinajstić information content (AvgIpc) is 2.47. The maximum Gasteiger partial charge on any atom is 0.238 e. The van der Waals surface area contributed by atoms with E-state index >= 15 is 0 Å². The molecule has 0 aromatic heterocycles. The fraction of sp³-hybridized carbons (Fsp3) is 0.500. The first-order valence-electron chi connectivity index (χ1n) is 6.59. The van der Waals surface area contributed by atoms with Crippen LogP contribution >= 0.6 is 0 Å². The molecule has 0 aliphatic rings. The highest BCUT2D eigenvalue weighted by molar-refractivity contribution is 5.92. The van der Waals surface area contributed by atoms with Gasteiger partial charge in [-0.15, -0.1) is 0 Å². The van der Waals surface area contributed by atoms with Crippen LogP contribution in [0, 0.1) is 0 Å². The van der Waals surface area contributed by atoms with E-state index in [1.54, 1.807) is 31.4 Å². The molecule has 20 heavy (non-hydrogen) atoms. The Balaban J connectivity index is 2.10. The number of anilines is 1. The van der Waals surface area contributed by atoms with Crippen molar-refractivity contribution in [2.24, 2.45) is 0 Å². The number of amides is 1. The van der Waals surface area contributed by atoms with Crippen molar-refractivity contribution in [3.8, 4) is 5.75 Å². The van der Waals surface area contributed by atoms with Crippen LogP contribution in [0.15, 0.2) is 24.3 Å². The van der Waals surface area contributed by atoms with E-state index in [2.05, 4.69) is 10.6 Å². The molecule has 1 rings (SSSR count). The smallest absolute Gasteiger partial charge is 0.238 e. The van der Waals surface area contributed by atoms with Crippen LogP contribution in [-0.2, 0) is 9.53 Å². The quantitative estimate of drug-likeness (QED) is 0.548. The fourth-order valence-corrected chi connectivity index (χ4v) is 1.55. The lowest BCUT2D eigenvalue weighted by Gasteiger charge is -2.07. The third kappa shape index (κ3) is 7.08. The Bertz CT molecular complexity index is 381. The van der Waals surface area contributed by atoms with E-state index in [4.69, 9.17) is 14.6 Å². The molecule has 1 aromatic carbocycles. The third-order valence-electron chi connectivity index (χ3n) is 2.54. The molecule has 0 heterocycles. The van der Waals surface area contributed by atoms with E-state index in [1.807, 2.05) is 0 Å². The summed E-state index contributed by atoms with van der Waals surface area (Å²) in [6, 6.07) is 7.17. The number of nitrogens with one attached hydrogen (secondary N) is 2. The summed E-state index contributed by atoms with van der Waals surface area (Å²) in [6.45, 7) is 1.93. The van der Waals surface area contributed by atoms with Gasteiger partial charge in [-0.1, -0.05) is 0 Å². The molecule has 6 nitrogen and oxygen atoms in total. The Morgan fingerprint density at radius 2 is 2.00 bits per heavy atom. The minimum absolute atomic E-state index is 0.0394. The van der Waals surface area contributed by atoms with Crippen LogP contribution in [-0.4, -0.2) is 51.0 Å². The molecule has 1 amide bonds. The lowest BCUT2D eigenvalue weighted by molar-refractivity contribution is -0.115. The zero-order valence-corrected chi connectivity index (χ0v) is 11.7. The van der Waals surface area contributed by atoms with Crippen molar-refractivity contribution >= 4 is 11.6 Å². The van der Waals surface area contributed by atoms with Crippen molar-refractivity contribution in [2.75, 3.05) is 45.3 Å². The van der Waals surface area contributed by atoms with Gasteiger partial charge in [-0.2, -0.15) is 0 Å². The Morgan fingerprint density at radius 1 is 1.25 bits per heavy atom. The van der Waals surface area contributed by atoms with Crippen molar-refractivity contribution in [3.63, 3.8) is 0 Å². The molecule has 3 N–H and O–H groups in total. The van der Waals surface area contributed by atoms with E-state index in [0.717, 1.165) is 17.9 Å². The van der Waals surface area contributed by atoms with Gasteiger partial charge in [-0.25, -0.2) is 0 Å². The number of hydrogen-bond acceptors (Lipinski definition) is 5. The highest BCUT2D eigenvalue weighted by Gasteiger charge is 2.01. The third-order valence-corrected chi connectivity index (χ3v) is 2.54. The number of rotatable bonds is 10. The Morgan fingerprint density at radius 3 is 2.65 bits per heavy atom. The van der Waals surface area contributed by atoms with Crippen LogP contribution in [0.1, 0.15) is 6.42 Å². The monoisotopic (exact) mass is 282 g/mol. The van der Waals surface area contributed by atoms with Gasteiger partial charge in [0.25, 0.3) is 0 Å². The SMILES string of the molecule is COc1ccc(NC(=O)CNCCCOCCO)cc1. The lowest BCUT2D eigenvalue weighted by Crippen LogP contribution is -2.29. The second-order valence-corrected chi connectivity index (χ2v) is 4.14. The van der Waals surface area contributed by atoms with Crippen LogP contribution < -0.4 is 15.4 Å². The first-order chi connectivity index (χ1) is 9.76. The molecule has 0 fully saturated rings. The van der Waals surface area contributed by atoms with Crippen molar-refractivity contribution in [2.45, 2.75) is 6.42 Å². The van der Waals surface area contributed by atoms with E-state index in [9.17, 15) is 4.79 Å². The second kappa shape index (κ2) is 10.2. The Kier molecular flexibility index (Phi) is 8.37. The highest BCUT2D eigenvalue weighted by Crippen LogP contribution is 2.14. The van der Waals surface area contributed by atoms with Crippen LogP contribution in [0.5, 0.6) is 5.75 Å². The largest absolute Gasteiger partial charge is 0.497 e. The van der Waals surface area contributed by atoms with Crippen molar-refractivity contribution < 1.29 is 19.4 Å². The maximum atomic E-state index is 11.6. The van der Waals surface area contributed by atoms with E-state index < -0.39 is 0 Å². The zero-order chi connectivity index (χ0) is 14.6. The zero-order valence-electron chi connectivity index (χ0n) is 11.7. The fourth-order valence-electron chi connectivity index (χ4n) is 1.55. The van der Waals surface area contributed by atoms with Gasteiger partial charge in [0, 0.05) is 12.3 Å². The van der Waals surface area contributed by atoms with Crippen LogP contribution in [0.3, 0.4) is 0 Å². The number of hydrogen-bond donors (Lipinski definition) is 3. The van der Waals surface area contributed by atoms with Gasteiger partial charge in [0.2, 0.25) is 5.91 Å². The molecule has 0 spiro atoms. The number of aliphatic hydroxyl groups excluding tert-OH is 1. The predicted molar refractivity (Wildman–Crippen MR) is 77.0 cm³/mol. The standard InChI is InChI=1S/C14H22N2O4/c1-19-13-5-3-12(4-6-13)16-14(18)11-15-7-2-9-20-10-8-17/h3-6,15,17H,2,7-11H2,1H3,(H,16,18). The van der Waals surface area contributed by atoms with E-state index in [-0.39, 0.29) is 19.1 Å². The van der Waals surface area contributed by atoms with E-state index in [1.165, 1.54) is 0 Å². The van der Waals surface area contributed by atoms with Crippen molar-refractivity contribution in [1.82, 2.24) is 5.32 Å². The second-order valence-electron chi connectivity index (χ2n) is 4.14. The molecule has 112 valence electrons. The van der Waals surface area contributed by atoms with Gasteiger partial charge in [0.15, 0.2) is 0 Å². The average molecular weight is 282 g/mol. The van der Waals surface area contributed by atoms with Gasteiger partial charge in [0.05, 0.1) is 26.9 Å². The van der Waals surface area contributed by atoms with Gasteiger partial charge in [-0.3, -0.25) is 4.79 Å². The molecule has 1 aromatic rings. The summed E-state index contributed by atoms with van der Waals surface area (Å²) in [5.41, 5.74) is 0.740. The molecule has 0 radical (unpaired) electrons. The van der Waals surface area contributed by atoms with Crippen molar-refractivity contribution in [1.29, 1.82) is 0 Å². The highest BCUT2D eigenvalue weighted by atomic mass is 16.5. The summed E-state index contributed by atoms with van der Waals surface area (Å²) in [4.78, 5) is 11.6. The summed E-state index contributed by atoms with van der Waals surface area (Å²) < 4.78 is 10.1. The van der Waals surface area contributed by atoms with Crippen LogP contribution in [0.25, 0.3) is 0 Å². The molecule has 0 saturated heterocycles. The maximum absolute atomic E-state index is 11.6. The molecule has 0 atom stereocenters. The molecule has 0 bridgehead atoms. The molecule has 6 heteroatoms. The number of carbonyl (C=O) groups excluding carboxylic acids is 1. The number of benzene rings is 1. The van der Waals surface area contributed by atoms with Crippen LogP contribution in [0.2, 0.25) is 0 Å².